The molecule has 0 saturated heterocycles. The molecule has 5 rings (SSSR count). The second-order valence-corrected chi connectivity index (χ2v) is 11.9. The molecule has 0 atom stereocenters. The third kappa shape index (κ3) is 8.86. The number of nitrogens with one attached hydrogen (secondary N) is 1. The van der Waals surface area contributed by atoms with Crippen LogP contribution in [0.15, 0.2) is 78.5 Å². The first-order chi connectivity index (χ1) is 19.5. The maximum Gasteiger partial charge on any atom is 0.171 e. The Balaban J connectivity index is 0.000000193. The van der Waals surface area contributed by atoms with Gasteiger partial charge in [-0.1, -0.05) is 73.2 Å². The van der Waals surface area contributed by atoms with Gasteiger partial charge in [-0.3, -0.25) is 4.79 Å². The Labute approximate surface area is 250 Å². The fraction of sp³-hybridized carbons (Fsp3) is 0.297. The molecule has 0 aliphatic rings. The molecule has 41 heavy (non-hydrogen) atoms. The molecule has 1 N–H and O–H groups in total. The Hall–Kier alpha value is -3.76. The molecule has 5 aromatic rings. The van der Waals surface area contributed by atoms with Crippen molar-refractivity contribution in [2.24, 2.45) is 0 Å². The van der Waals surface area contributed by atoms with Gasteiger partial charge in [-0.2, -0.15) is 0 Å². The van der Waals surface area contributed by atoms with Crippen LogP contribution in [-0.4, -0.2) is 10.8 Å². The number of Topliss-reactive ketones (excluding diaryl/α,β-unsaturated/α-hetero) is 1. The van der Waals surface area contributed by atoms with Crippen LogP contribution in [0.1, 0.15) is 75.4 Å². The van der Waals surface area contributed by atoms with Crippen LogP contribution >= 0.6 is 11.3 Å². The van der Waals surface area contributed by atoms with E-state index in [0.29, 0.717) is 0 Å². The standard InChI is InChI=1S/C20H21N.C10H14.C7H9NOS/c1-3-7-15(2)21-14-19-11-6-10-18-12-16-8-4-5-9-17(16)13-20(18)19;1-7-5-8(2)10(4)9(3)6-7;1-4-7(5(2)9)10-6(3)8-4/h4-13,21H,3,14H2,1-2H3;5-6H,1-4H3;1-3H3. The summed E-state index contributed by atoms with van der Waals surface area (Å²) in [6.07, 6.45) is 3.29. The van der Waals surface area contributed by atoms with Gasteiger partial charge in [0.1, 0.15) is 0 Å². The van der Waals surface area contributed by atoms with Gasteiger partial charge in [0.2, 0.25) is 0 Å². The predicted octanol–water partition coefficient (Wildman–Crippen LogP) is 10.3. The zero-order valence-electron chi connectivity index (χ0n) is 26.1. The Morgan fingerprint density at radius 1 is 0.829 bits per heavy atom. The highest BCUT2D eigenvalue weighted by atomic mass is 32.1. The van der Waals surface area contributed by atoms with Crippen LogP contribution in [0.2, 0.25) is 0 Å². The average molecular weight is 565 g/mol. The first-order valence-electron chi connectivity index (χ1n) is 14.3. The van der Waals surface area contributed by atoms with E-state index in [1.165, 1.54) is 66.4 Å². The minimum Gasteiger partial charge on any atom is -0.385 e. The van der Waals surface area contributed by atoms with Crippen LogP contribution in [0.4, 0.5) is 0 Å². The summed E-state index contributed by atoms with van der Waals surface area (Å²) in [5, 5.41) is 9.72. The van der Waals surface area contributed by atoms with E-state index < -0.39 is 0 Å². The summed E-state index contributed by atoms with van der Waals surface area (Å²) >= 11 is 1.46. The SMILES string of the molecule is CC(=O)c1sc(C)nc1C.CCC=C(C)NCc1cccc2cc3ccccc3cc12.Cc1cc(C)c(C)c(C)c1. The van der Waals surface area contributed by atoms with Crippen molar-refractivity contribution in [3.05, 3.63) is 122 Å². The third-order valence-corrected chi connectivity index (χ3v) is 8.37. The summed E-state index contributed by atoms with van der Waals surface area (Å²) in [7, 11) is 0. The van der Waals surface area contributed by atoms with E-state index in [-0.39, 0.29) is 5.78 Å². The lowest BCUT2D eigenvalue weighted by molar-refractivity contribution is 0.102. The molecule has 0 aliphatic heterocycles. The van der Waals surface area contributed by atoms with E-state index in [1.54, 1.807) is 6.92 Å². The Kier molecular flexibility index (Phi) is 11.4. The van der Waals surface area contributed by atoms with Gasteiger partial charge in [-0.15, -0.1) is 11.3 Å². The number of carbonyl (C=O) groups is 1. The molecule has 0 aliphatic carbocycles. The third-order valence-electron chi connectivity index (χ3n) is 7.20. The zero-order valence-corrected chi connectivity index (χ0v) is 26.9. The fourth-order valence-corrected chi connectivity index (χ4v) is 5.72. The first-order valence-corrected chi connectivity index (χ1v) is 15.1. The molecule has 0 unspecified atom stereocenters. The molecule has 0 saturated carbocycles. The molecule has 214 valence electrons. The van der Waals surface area contributed by atoms with E-state index in [0.717, 1.165) is 28.5 Å². The molecule has 0 amide bonds. The monoisotopic (exact) mass is 564 g/mol. The van der Waals surface area contributed by atoms with Crippen molar-refractivity contribution in [3.63, 3.8) is 0 Å². The summed E-state index contributed by atoms with van der Waals surface area (Å²) in [5.41, 5.74) is 9.04. The molecule has 4 aromatic carbocycles. The molecule has 0 bridgehead atoms. The first kappa shape index (κ1) is 31.8. The Morgan fingerprint density at radius 2 is 1.44 bits per heavy atom. The van der Waals surface area contributed by atoms with Crippen LogP contribution in [0, 0.1) is 41.5 Å². The fourth-order valence-electron chi connectivity index (χ4n) is 4.91. The molecule has 4 heteroatoms. The van der Waals surface area contributed by atoms with Gasteiger partial charge in [0.05, 0.1) is 15.6 Å². The highest BCUT2D eigenvalue weighted by molar-refractivity contribution is 7.13. The lowest BCUT2D eigenvalue weighted by Gasteiger charge is -2.11. The van der Waals surface area contributed by atoms with E-state index in [9.17, 15) is 4.79 Å². The van der Waals surface area contributed by atoms with Crippen molar-refractivity contribution in [3.8, 4) is 0 Å². The maximum atomic E-state index is 10.8. The topological polar surface area (TPSA) is 42.0 Å². The summed E-state index contributed by atoms with van der Waals surface area (Å²) in [4.78, 5) is 15.8. The van der Waals surface area contributed by atoms with Gasteiger partial charge < -0.3 is 5.32 Å². The quantitative estimate of drug-likeness (QED) is 0.171. The van der Waals surface area contributed by atoms with Crippen LogP contribution in [0.25, 0.3) is 21.5 Å². The van der Waals surface area contributed by atoms with Crippen LogP contribution in [0.3, 0.4) is 0 Å². The molecular formula is C37H44N2OS. The minimum atomic E-state index is 0.114. The van der Waals surface area contributed by atoms with Crippen molar-refractivity contribution in [2.45, 2.75) is 75.3 Å². The number of rotatable bonds is 5. The number of nitrogens with zero attached hydrogens (tertiary/aromatic N) is 1. The number of thiazole rings is 1. The normalized spacial score (nSPS) is 11.0. The summed E-state index contributed by atoms with van der Waals surface area (Å²) in [6.45, 7) is 19.1. The molecular weight excluding hydrogens is 520 g/mol. The van der Waals surface area contributed by atoms with E-state index in [4.69, 9.17) is 0 Å². The van der Waals surface area contributed by atoms with Gasteiger partial charge in [0.25, 0.3) is 0 Å². The average Bonchev–Trinajstić information content (AvgIpc) is 3.28. The van der Waals surface area contributed by atoms with Gasteiger partial charge in [0.15, 0.2) is 5.78 Å². The van der Waals surface area contributed by atoms with E-state index >= 15 is 0 Å². The number of allylic oxidation sites excluding steroid dienone is 2. The van der Waals surface area contributed by atoms with Crippen molar-refractivity contribution in [2.75, 3.05) is 0 Å². The summed E-state index contributed by atoms with van der Waals surface area (Å²) < 4.78 is 0. The highest BCUT2D eigenvalue weighted by Gasteiger charge is 2.08. The largest absolute Gasteiger partial charge is 0.385 e. The number of carbonyl (C=O) groups excluding carboxylic acids is 1. The number of hydrogen-bond donors (Lipinski definition) is 1. The van der Waals surface area contributed by atoms with Crippen LogP contribution in [0.5, 0.6) is 0 Å². The van der Waals surface area contributed by atoms with Crippen LogP contribution in [-0.2, 0) is 6.54 Å². The van der Waals surface area contributed by atoms with Crippen molar-refractivity contribution < 1.29 is 4.79 Å². The van der Waals surface area contributed by atoms with E-state index in [1.807, 2.05) is 13.8 Å². The van der Waals surface area contributed by atoms with Crippen molar-refractivity contribution in [1.29, 1.82) is 0 Å². The van der Waals surface area contributed by atoms with Gasteiger partial charge in [-0.25, -0.2) is 4.98 Å². The molecule has 0 radical (unpaired) electrons. The van der Waals surface area contributed by atoms with Crippen LogP contribution < -0.4 is 5.32 Å². The molecule has 1 aromatic heterocycles. The van der Waals surface area contributed by atoms with Gasteiger partial charge in [0, 0.05) is 19.2 Å². The van der Waals surface area contributed by atoms with Crippen molar-refractivity contribution in [1.82, 2.24) is 10.3 Å². The molecule has 0 spiro atoms. The lowest BCUT2D eigenvalue weighted by Crippen LogP contribution is -2.10. The van der Waals surface area contributed by atoms with Gasteiger partial charge in [-0.05, 0) is 111 Å². The molecule has 1 heterocycles. The lowest BCUT2D eigenvalue weighted by atomic mass is 9.99. The number of benzene rings is 4. The Bertz CT molecular complexity index is 1650. The highest BCUT2D eigenvalue weighted by Crippen LogP contribution is 2.25. The second kappa shape index (κ2) is 14.7. The number of ketones is 1. The van der Waals surface area contributed by atoms with Crippen molar-refractivity contribution >= 4 is 38.7 Å². The Morgan fingerprint density at radius 3 is 1.98 bits per heavy atom. The number of fused-ring (bicyclic) bond motifs is 2. The summed E-state index contributed by atoms with van der Waals surface area (Å²) in [5.74, 6) is 0.114. The number of aromatic nitrogens is 1. The zero-order chi connectivity index (χ0) is 30.1. The number of hydrogen-bond acceptors (Lipinski definition) is 4. The second-order valence-electron chi connectivity index (χ2n) is 10.7. The summed E-state index contributed by atoms with van der Waals surface area (Å²) in [6, 6.07) is 24.1. The predicted molar refractivity (Wildman–Crippen MR) is 179 cm³/mol. The van der Waals surface area contributed by atoms with Gasteiger partial charge >= 0.3 is 0 Å². The molecule has 0 fully saturated rings. The molecule has 3 nitrogen and oxygen atoms in total. The minimum absolute atomic E-state index is 0.114. The number of aryl methyl sites for hydroxylation is 5. The smallest absolute Gasteiger partial charge is 0.171 e. The maximum absolute atomic E-state index is 10.8. The van der Waals surface area contributed by atoms with E-state index in [2.05, 4.69) is 125 Å².